The summed E-state index contributed by atoms with van der Waals surface area (Å²) in [5.74, 6) is 1.72. The van der Waals surface area contributed by atoms with E-state index >= 15 is 0 Å². The number of aromatic nitrogens is 2. The third-order valence-electron chi connectivity index (χ3n) is 4.22. The molecule has 1 aromatic heterocycles. The van der Waals surface area contributed by atoms with Gasteiger partial charge in [-0.3, -0.25) is 4.79 Å². The predicted octanol–water partition coefficient (Wildman–Crippen LogP) is 1.77. The van der Waals surface area contributed by atoms with Crippen molar-refractivity contribution in [3.63, 3.8) is 0 Å². The lowest BCUT2D eigenvalue weighted by Gasteiger charge is -2.32. The largest absolute Gasteiger partial charge is 0.356 e. The maximum absolute atomic E-state index is 11.4. The summed E-state index contributed by atoms with van der Waals surface area (Å²) in [6, 6.07) is 0. The Hall–Kier alpha value is -1.45. The summed E-state index contributed by atoms with van der Waals surface area (Å²) in [6.07, 6.45) is 7.02. The molecular formula is C14H19N3O. The molecule has 1 fully saturated rings. The highest BCUT2D eigenvalue weighted by Crippen LogP contribution is 2.30. The Kier molecular flexibility index (Phi) is 3.02. The number of rotatable bonds is 2. The number of fused-ring (bicyclic) bond motifs is 1. The van der Waals surface area contributed by atoms with Crippen LogP contribution in [0.3, 0.4) is 0 Å². The lowest BCUT2D eigenvalue weighted by molar-refractivity contribution is -0.121. The first-order valence-corrected chi connectivity index (χ1v) is 6.84. The van der Waals surface area contributed by atoms with Gasteiger partial charge in [0.15, 0.2) is 0 Å². The quantitative estimate of drug-likeness (QED) is 0.796. The average Bonchev–Trinajstić information content (AvgIpc) is 2.87. The molecular weight excluding hydrogens is 226 g/mol. The summed E-state index contributed by atoms with van der Waals surface area (Å²) < 4.78 is 0. The Bertz CT molecular complexity index is 464. The number of piperidine rings is 1. The molecule has 0 radical (unpaired) electrons. The van der Waals surface area contributed by atoms with Crippen molar-refractivity contribution in [2.45, 2.75) is 39.0 Å². The van der Waals surface area contributed by atoms with Gasteiger partial charge in [0.2, 0.25) is 0 Å². The van der Waals surface area contributed by atoms with Gasteiger partial charge in [-0.2, -0.15) is 0 Å². The van der Waals surface area contributed by atoms with Crippen LogP contribution in [0.5, 0.6) is 0 Å². The van der Waals surface area contributed by atoms with E-state index in [9.17, 15) is 4.79 Å². The van der Waals surface area contributed by atoms with Gasteiger partial charge < -0.3 is 4.90 Å². The molecule has 2 heterocycles. The average molecular weight is 245 g/mol. The lowest BCUT2D eigenvalue weighted by atomic mass is 9.93. The molecule has 0 N–H and O–H groups in total. The van der Waals surface area contributed by atoms with E-state index < -0.39 is 0 Å². The van der Waals surface area contributed by atoms with E-state index in [0.717, 1.165) is 44.6 Å². The van der Waals surface area contributed by atoms with Gasteiger partial charge in [0.05, 0.1) is 0 Å². The Morgan fingerprint density at radius 3 is 2.78 bits per heavy atom. The number of anilines is 1. The minimum Gasteiger partial charge on any atom is -0.356 e. The number of carbonyl (C=O) groups is 1. The molecule has 0 bridgehead atoms. The van der Waals surface area contributed by atoms with Gasteiger partial charge in [-0.05, 0) is 39.0 Å². The smallest absolute Gasteiger partial charge is 0.135 e. The fourth-order valence-corrected chi connectivity index (χ4v) is 3.11. The van der Waals surface area contributed by atoms with Crippen LogP contribution in [0.25, 0.3) is 0 Å². The molecule has 2 aliphatic rings. The van der Waals surface area contributed by atoms with Crippen LogP contribution < -0.4 is 4.90 Å². The van der Waals surface area contributed by atoms with Gasteiger partial charge in [-0.25, -0.2) is 9.97 Å². The SMILES string of the molecule is CC(=O)C1CCN(c2ncnc3c2CCC3)CC1. The van der Waals surface area contributed by atoms with Crippen molar-refractivity contribution in [3.8, 4) is 0 Å². The maximum Gasteiger partial charge on any atom is 0.135 e. The molecule has 0 aromatic carbocycles. The third-order valence-corrected chi connectivity index (χ3v) is 4.22. The van der Waals surface area contributed by atoms with Gasteiger partial charge in [0.1, 0.15) is 17.9 Å². The summed E-state index contributed by atoms with van der Waals surface area (Å²) in [4.78, 5) is 22.6. The summed E-state index contributed by atoms with van der Waals surface area (Å²) >= 11 is 0. The van der Waals surface area contributed by atoms with Crippen LogP contribution in [0.15, 0.2) is 6.33 Å². The van der Waals surface area contributed by atoms with E-state index in [1.165, 1.54) is 17.7 Å². The molecule has 0 amide bonds. The Labute approximate surface area is 107 Å². The zero-order valence-corrected chi connectivity index (χ0v) is 10.9. The van der Waals surface area contributed by atoms with Crippen molar-refractivity contribution in [2.75, 3.05) is 18.0 Å². The highest BCUT2D eigenvalue weighted by Gasteiger charge is 2.26. The number of aryl methyl sites for hydroxylation is 1. The molecule has 0 atom stereocenters. The third kappa shape index (κ3) is 2.00. The van der Waals surface area contributed by atoms with E-state index in [1.54, 1.807) is 13.3 Å². The van der Waals surface area contributed by atoms with Crippen LogP contribution in [-0.4, -0.2) is 28.8 Å². The van der Waals surface area contributed by atoms with E-state index in [2.05, 4.69) is 14.9 Å². The second kappa shape index (κ2) is 4.67. The maximum atomic E-state index is 11.4. The Balaban J connectivity index is 1.77. The molecule has 0 saturated carbocycles. The molecule has 1 aromatic rings. The van der Waals surface area contributed by atoms with Gasteiger partial charge in [0.25, 0.3) is 0 Å². The molecule has 3 rings (SSSR count). The topological polar surface area (TPSA) is 46.1 Å². The molecule has 4 nitrogen and oxygen atoms in total. The summed E-state index contributed by atoms with van der Waals surface area (Å²) in [5, 5.41) is 0. The molecule has 0 spiro atoms. The van der Waals surface area contributed by atoms with Crippen LogP contribution >= 0.6 is 0 Å². The highest BCUT2D eigenvalue weighted by atomic mass is 16.1. The van der Waals surface area contributed by atoms with Gasteiger partial charge in [0, 0.05) is 30.3 Å². The number of nitrogens with zero attached hydrogens (tertiary/aromatic N) is 3. The van der Waals surface area contributed by atoms with Crippen LogP contribution in [0.1, 0.15) is 37.4 Å². The van der Waals surface area contributed by atoms with Crippen molar-refractivity contribution < 1.29 is 4.79 Å². The number of carbonyl (C=O) groups excluding carboxylic acids is 1. The fourth-order valence-electron chi connectivity index (χ4n) is 3.11. The standard InChI is InChI=1S/C14H19N3O/c1-10(18)11-5-7-17(8-6-11)14-12-3-2-4-13(12)15-9-16-14/h9,11H,2-8H2,1H3. The molecule has 0 unspecified atom stereocenters. The molecule has 96 valence electrons. The van der Waals surface area contributed by atoms with E-state index in [0.29, 0.717) is 5.78 Å². The van der Waals surface area contributed by atoms with Crippen molar-refractivity contribution >= 4 is 11.6 Å². The molecule has 1 aliphatic carbocycles. The van der Waals surface area contributed by atoms with Crippen molar-refractivity contribution in [1.29, 1.82) is 0 Å². The van der Waals surface area contributed by atoms with E-state index in [4.69, 9.17) is 0 Å². The predicted molar refractivity (Wildman–Crippen MR) is 69.7 cm³/mol. The van der Waals surface area contributed by atoms with Crippen LogP contribution in [0, 0.1) is 5.92 Å². The highest BCUT2D eigenvalue weighted by molar-refractivity contribution is 5.78. The van der Waals surface area contributed by atoms with Crippen LogP contribution in [-0.2, 0) is 17.6 Å². The molecule has 1 saturated heterocycles. The minimum absolute atomic E-state index is 0.260. The number of hydrogen-bond acceptors (Lipinski definition) is 4. The van der Waals surface area contributed by atoms with Gasteiger partial charge >= 0.3 is 0 Å². The first-order valence-electron chi connectivity index (χ1n) is 6.84. The lowest BCUT2D eigenvalue weighted by Crippen LogP contribution is -2.36. The molecule has 4 heteroatoms. The van der Waals surface area contributed by atoms with Crippen LogP contribution in [0.2, 0.25) is 0 Å². The second-order valence-corrected chi connectivity index (χ2v) is 5.35. The Morgan fingerprint density at radius 2 is 2.06 bits per heavy atom. The van der Waals surface area contributed by atoms with Gasteiger partial charge in [-0.1, -0.05) is 0 Å². The monoisotopic (exact) mass is 245 g/mol. The first-order chi connectivity index (χ1) is 8.75. The van der Waals surface area contributed by atoms with Crippen molar-refractivity contribution in [2.24, 2.45) is 5.92 Å². The first kappa shape index (κ1) is 11.6. The number of Topliss-reactive ketones (excluding diaryl/α,β-unsaturated/α-hetero) is 1. The second-order valence-electron chi connectivity index (χ2n) is 5.35. The van der Waals surface area contributed by atoms with Crippen molar-refractivity contribution in [1.82, 2.24) is 9.97 Å². The van der Waals surface area contributed by atoms with E-state index in [-0.39, 0.29) is 5.92 Å². The number of hydrogen-bond donors (Lipinski definition) is 0. The van der Waals surface area contributed by atoms with Crippen molar-refractivity contribution in [3.05, 3.63) is 17.6 Å². The van der Waals surface area contributed by atoms with E-state index in [1.807, 2.05) is 0 Å². The fraction of sp³-hybridized carbons (Fsp3) is 0.643. The normalized spacial score (nSPS) is 19.9. The number of ketones is 1. The molecule has 1 aliphatic heterocycles. The summed E-state index contributed by atoms with van der Waals surface area (Å²) in [7, 11) is 0. The minimum atomic E-state index is 0.260. The molecule has 18 heavy (non-hydrogen) atoms. The van der Waals surface area contributed by atoms with Gasteiger partial charge in [-0.15, -0.1) is 0 Å². The summed E-state index contributed by atoms with van der Waals surface area (Å²) in [5.41, 5.74) is 2.58. The zero-order chi connectivity index (χ0) is 12.5. The van der Waals surface area contributed by atoms with Crippen LogP contribution in [0.4, 0.5) is 5.82 Å². The summed E-state index contributed by atoms with van der Waals surface area (Å²) in [6.45, 7) is 3.62. The Morgan fingerprint density at radius 1 is 1.28 bits per heavy atom. The zero-order valence-electron chi connectivity index (χ0n) is 10.9.